The third-order valence-corrected chi connectivity index (χ3v) is 3.59. The van der Waals surface area contributed by atoms with E-state index in [9.17, 15) is 4.79 Å². The van der Waals surface area contributed by atoms with E-state index in [1.807, 2.05) is 38.1 Å². The first-order valence-corrected chi connectivity index (χ1v) is 9.15. The van der Waals surface area contributed by atoms with E-state index in [2.05, 4.69) is 5.32 Å². The third-order valence-electron chi connectivity index (χ3n) is 3.59. The molecule has 6 nitrogen and oxygen atoms in total. The van der Waals surface area contributed by atoms with Crippen molar-refractivity contribution < 1.29 is 23.7 Å². The number of amides is 1. The van der Waals surface area contributed by atoms with Crippen molar-refractivity contribution in [3.05, 3.63) is 54.1 Å². The summed E-state index contributed by atoms with van der Waals surface area (Å²) in [5, 5.41) is 2.87. The molecular weight excluding hydrogens is 346 g/mol. The van der Waals surface area contributed by atoms with Crippen LogP contribution in [-0.2, 0) is 9.47 Å². The molecule has 0 saturated carbocycles. The lowest BCUT2D eigenvalue weighted by Gasteiger charge is -2.10. The van der Waals surface area contributed by atoms with E-state index in [0.717, 1.165) is 0 Å². The van der Waals surface area contributed by atoms with Crippen molar-refractivity contribution in [1.82, 2.24) is 0 Å². The van der Waals surface area contributed by atoms with E-state index < -0.39 is 0 Å². The number of hydrogen-bond acceptors (Lipinski definition) is 5. The normalized spacial score (nSPS) is 10.4. The second-order valence-corrected chi connectivity index (χ2v) is 5.60. The molecule has 0 heterocycles. The first-order chi connectivity index (χ1) is 13.2. The molecule has 0 radical (unpaired) electrons. The summed E-state index contributed by atoms with van der Waals surface area (Å²) in [6.45, 7) is 7.14. The van der Waals surface area contributed by atoms with Crippen LogP contribution >= 0.6 is 0 Å². The average molecular weight is 373 g/mol. The largest absolute Gasteiger partial charge is 0.491 e. The molecule has 0 spiro atoms. The van der Waals surface area contributed by atoms with Crippen LogP contribution in [0.1, 0.15) is 24.2 Å². The maximum absolute atomic E-state index is 12.5. The van der Waals surface area contributed by atoms with Crippen molar-refractivity contribution in [1.29, 1.82) is 0 Å². The van der Waals surface area contributed by atoms with Gasteiger partial charge in [0, 0.05) is 30.5 Å². The molecule has 2 aromatic carbocycles. The van der Waals surface area contributed by atoms with Gasteiger partial charge >= 0.3 is 0 Å². The van der Waals surface area contributed by atoms with Crippen LogP contribution < -0.4 is 14.8 Å². The predicted molar refractivity (Wildman–Crippen MR) is 105 cm³/mol. The van der Waals surface area contributed by atoms with Gasteiger partial charge in [-0.1, -0.05) is 12.1 Å². The Labute approximate surface area is 160 Å². The highest BCUT2D eigenvalue weighted by molar-refractivity contribution is 6.04. The van der Waals surface area contributed by atoms with Gasteiger partial charge in [0.1, 0.15) is 24.7 Å². The van der Waals surface area contributed by atoms with Crippen molar-refractivity contribution >= 4 is 11.6 Å². The number of ether oxygens (including phenoxy) is 4. The smallest absolute Gasteiger partial charge is 0.255 e. The summed E-state index contributed by atoms with van der Waals surface area (Å²) in [6, 6.07) is 14.3. The molecule has 1 amide bonds. The number of benzene rings is 2. The summed E-state index contributed by atoms with van der Waals surface area (Å²) in [5.74, 6) is 1.10. The van der Waals surface area contributed by atoms with E-state index in [0.29, 0.717) is 62.4 Å². The Bertz CT molecular complexity index is 704. The van der Waals surface area contributed by atoms with E-state index >= 15 is 0 Å². The molecule has 27 heavy (non-hydrogen) atoms. The molecular formula is C21H27NO5. The number of nitrogens with one attached hydrogen (secondary N) is 1. The van der Waals surface area contributed by atoms with E-state index in [4.69, 9.17) is 18.9 Å². The van der Waals surface area contributed by atoms with Crippen LogP contribution in [0.25, 0.3) is 0 Å². The Kier molecular flexibility index (Phi) is 9.17. The van der Waals surface area contributed by atoms with Gasteiger partial charge in [-0.3, -0.25) is 4.79 Å². The molecule has 2 rings (SSSR count). The lowest BCUT2D eigenvalue weighted by Crippen LogP contribution is -2.13. The number of carbonyl (C=O) groups excluding carboxylic acids is 1. The molecule has 2 aromatic rings. The summed E-state index contributed by atoms with van der Waals surface area (Å²) in [6.07, 6.45) is 0. The fraction of sp³-hybridized carbons (Fsp3) is 0.381. The summed E-state index contributed by atoms with van der Waals surface area (Å²) < 4.78 is 21.7. The molecule has 0 aliphatic rings. The molecule has 6 heteroatoms. The molecule has 0 aliphatic carbocycles. The number of hydrogen-bond donors (Lipinski definition) is 1. The molecule has 0 atom stereocenters. The van der Waals surface area contributed by atoms with Gasteiger partial charge in [0.15, 0.2) is 0 Å². The van der Waals surface area contributed by atoms with Gasteiger partial charge in [0.05, 0.1) is 13.2 Å². The topological polar surface area (TPSA) is 66.0 Å². The first kappa shape index (κ1) is 20.7. The number of carbonyl (C=O) groups is 1. The van der Waals surface area contributed by atoms with Gasteiger partial charge in [-0.05, 0) is 44.2 Å². The fourth-order valence-corrected chi connectivity index (χ4v) is 2.32. The van der Waals surface area contributed by atoms with Crippen molar-refractivity contribution in [2.24, 2.45) is 0 Å². The molecule has 0 fully saturated rings. The molecule has 0 bridgehead atoms. The van der Waals surface area contributed by atoms with Gasteiger partial charge in [-0.25, -0.2) is 0 Å². The molecule has 0 aliphatic heterocycles. The van der Waals surface area contributed by atoms with E-state index in [-0.39, 0.29) is 5.91 Å². The monoisotopic (exact) mass is 373 g/mol. The Morgan fingerprint density at radius 2 is 1.41 bits per heavy atom. The molecule has 0 saturated heterocycles. The highest BCUT2D eigenvalue weighted by Crippen LogP contribution is 2.19. The van der Waals surface area contributed by atoms with Crippen LogP contribution in [0, 0.1) is 0 Å². The van der Waals surface area contributed by atoms with Gasteiger partial charge in [-0.15, -0.1) is 0 Å². The van der Waals surface area contributed by atoms with Crippen LogP contribution in [0.2, 0.25) is 0 Å². The van der Waals surface area contributed by atoms with Crippen LogP contribution in [0.15, 0.2) is 48.5 Å². The molecule has 146 valence electrons. The van der Waals surface area contributed by atoms with E-state index in [1.54, 1.807) is 24.3 Å². The SMILES string of the molecule is CCOCCOc1cccc(NC(=O)c2cccc(OCCOCC)c2)c1. The minimum Gasteiger partial charge on any atom is -0.491 e. The highest BCUT2D eigenvalue weighted by atomic mass is 16.5. The molecule has 1 N–H and O–H groups in total. The fourth-order valence-electron chi connectivity index (χ4n) is 2.32. The summed E-state index contributed by atoms with van der Waals surface area (Å²) in [5.41, 5.74) is 1.18. The maximum atomic E-state index is 12.5. The Balaban J connectivity index is 1.90. The zero-order valence-corrected chi connectivity index (χ0v) is 15.9. The average Bonchev–Trinajstić information content (AvgIpc) is 2.69. The predicted octanol–water partition coefficient (Wildman–Crippen LogP) is 3.77. The lowest BCUT2D eigenvalue weighted by molar-refractivity contribution is 0.102. The van der Waals surface area contributed by atoms with Gasteiger partial charge in [0.25, 0.3) is 5.91 Å². The van der Waals surface area contributed by atoms with Gasteiger partial charge < -0.3 is 24.3 Å². The number of anilines is 1. The van der Waals surface area contributed by atoms with Crippen LogP contribution in [-0.4, -0.2) is 45.5 Å². The van der Waals surface area contributed by atoms with E-state index in [1.165, 1.54) is 0 Å². The van der Waals surface area contributed by atoms with Crippen molar-refractivity contribution in [2.75, 3.05) is 45.0 Å². The van der Waals surface area contributed by atoms with Crippen molar-refractivity contribution in [3.8, 4) is 11.5 Å². The summed E-state index contributed by atoms with van der Waals surface area (Å²) in [7, 11) is 0. The number of rotatable bonds is 12. The third kappa shape index (κ3) is 7.68. The van der Waals surface area contributed by atoms with Crippen LogP contribution in [0.3, 0.4) is 0 Å². The Morgan fingerprint density at radius 3 is 2.04 bits per heavy atom. The second kappa shape index (κ2) is 11.9. The summed E-state index contributed by atoms with van der Waals surface area (Å²) in [4.78, 5) is 12.5. The van der Waals surface area contributed by atoms with Crippen molar-refractivity contribution in [2.45, 2.75) is 13.8 Å². The first-order valence-electron chi connectivity index (χ1n) is 9.15. The molecule has 0 unspecified atom stereocenters. The minimum atomic E-state index is -0.211. The Hall–Kier alpha value is -2.57. The zero-order chi connectivity index (χ0) is 19.3. The Morgan fingerprint density at radius 1 is 0.815 bits per heavy atom. The van der Waals surface area contributed by atoms with Gasteiger partial charge in [-0.2, -0.15) is 0 Å². The van der Waals surface area contributed by atoms with Crippen LogP contribution in [0.5, 0.6) is 11.5 Å². The summed E-state index contributed by atoms with van der Waals surface area (Å²) >= 11 is 0. The standard InChI is InChI=1S/C21H27NO5/c1-3-24-11-13-26-19-9-5-7-17(15-19)21(23)22-18-8-6-10-20(16-18)27-14-12-25-4-2/h5-10,15-16H,3-4,11-14H2,1-2H3,(H,22,23). The van der Waals surface area contributed by atoms with Crippen LogP contribution in [0.4, 0.5) is 5.69 Å². The quantitative estimate of drug-likeness (QED) is 0.574. The second-order valence-electron chi connectivity index (χ2n) is 5.60. The maximum Gasteiger partial charge on any atom is 0.255 e. The zero-order valence-electron chi connectivity index (χ0n) is 15.9. The minimum absolute atomic E-state index is 0.211. The van der Waals surface area contributed by atoms with Gasteiger partial charge in [0.2, 0.25) is 0 Å². The van der Waals surface area contributed by atoms with Crippen molar-refractivity contribution in [3.63, 3.8) is 0 Å². The molecule has 0 aromatic heterocycles. The highest BCUT2D eigenvalue weighted by Gasteiger charge is 2.08. The lowest BCUT2D eigenvalue weighted by atomic mass is 10.2.